The quantitative estimate of drug-likeness (QED) is 0.473. The molecule has 0 aliphatic heterocycles. The van der Waals surface area contributed by atoms with Gasteiger partial charge in [-0.05, 0) is 58.3 Å². The Hall–Kier alpha value is -0.520. The summed E-state index contributed by atoms with van der Waals surface area (Å²) in [5.41, 5.74) is 3.05. The number of allylic oxidation sites excluding steroid dienone is 3. The van der Waals surface area contributed by atoms with Gasteiger partial charge in [-0.25, -0.2) is 0 Å². The zero-order valence-corrected chi connectivity index (χ0v) is 9.65. The molecule has 0 aromatic heterocycles. The molecule has 0 heterocycles. The van der Waals surface area contributed by atoms with Crippen LogP contribution in [0.2, 0.25) is 0 Å². The molecule has 1 saturated carbocycles. The molecule has 0 saturated heterocycles. The van der Waals surface area contributed by atoms with E-state index in [4.69, 9.17) is 0 Å². The van der Waals surface area contributed by atoms with Gasteiger partial charge in [0.05, 0.1) is 0 Å². The third-order valence-corrected chi connectivity index (χ3v) is 3.08. The molecular formula is C14H24. The zero-order valence-electron chi connectivity index (χ0n) is 9.65. The average molecular weight is 192 g/mol. The number of rotatable bonds is 0. The van der Waals surface area contributed by atoms with Gasteiger partial charge in [0.25, 0.3) is 0 Å². The van der Waals surface area contributed by atoms with Gasteiger partial charge < -0.3 is 0 Å². The molecule has 0 nitrogen and oxygen atoms in total. The number of hydrogen-bond donors (Lipinski definition) is 0. The molecule has 1 fully saturated rings. The van der Waals surface area contributed by atoms with Crippen LogP contribution in [0.4, 0.5) is 0 Å². The fourth-order valence-electron chi connectivity index (χ4n) is 2.05. The summed E-state index contributed by atoms with van der Waals surface area (Å²) in [6, 6.07) is 0. The predicted molar refractivity (Wildman–Crippen MR) is 64.5 cm³/mol. The third kappa shape index (κ3) is 5.26. The smallest absolute Gasteiger partial charge is 0.0323 e. The first-order valence-electron chi connectivity index (χ1n) is 6.11. The monoisotopic (exact) mass is 192 g/mol. The zero-order chi connectivity index (χ0) is 10.2. The van der Waals surface area contributed by atoms with Gasteiger partial charge in [-0.15, -0.1) is 0 Å². The van der Waals surface area contributed by atoms with E-state index in [1.807, 2.05) is 0 Å². The summed E-state index contributed by atoms with van der Waals surface area (Å²) in [6.07, 6.45) is 14.6. The standard InChI is InChI=1S/2C7H12/c2*1-7-5-3-2-4-6-7/h5H,2-4,6H2,1H3;1-6H2. The minimum Gasteiger partial charge on any atom is -0.0999 e. The second-order valence-corrected chi connectivity index (χ2v) is 4.61. The predicted octanol–water partition coefficient (Wildman–Crippen LogP) is 5.01. The Morgan fingerprint density at radius 1 is 0.929 bits per heavy atom. The molecular weight excluding hydrogens is 168 g/mol. The minimum absolute atomic E-state index is 1.29. The molecule has 14 heavy (non-hydrogen) atoms. The van der Waals surface area contributed by atoms with Crippen molar-refractivity contribution in [1.82, 2.24) is 0 Å². The maximum absolute atomic E-state index is 3.91. The van der Waals surface area contributed by atoms with Gasteiger partial charge in [-0.3, -0.25) is 0 Å². The summed E-state index contributed by atoms with van der Waals surface area (Å²) in [7, 11) is 0. The second-order valence-electron chi connectivity index (χ2n) is 4.61. The summed E-state index contributed by atoms with van der Waals surface area (Å²) >= 11 is 0. The van der Waals surface area contributed by atoms with Crippen LogP contribution in [0.15, 0.2) is 23.8 Å². The minimum atomic E-state index is 1.29. The highest BCUT2D eigenvalue weighted by Gasteiger charge is 2.00. The molecule has 0 aromatic rings. The van der Waals surface area contributed by atoms with Crippen LogP contribution in [0.3, 0.4) is 0 Å². The lowest BCUT2D eigenvalue weighted by atomic mass is 9.97. The van der Waals surface area contributed by atoms with Crippen molar-refractivity contribution in [1.29, 1.82) is 0 Å². The Balaban J connectivity index is 0.000000140. The van der Waals surface area contributed by atoms with E-state index in [0.29, 0.717) is 0 Å². The molecule has 2 rings (SSSR count). The van der Waals surface area contributed by atoms with Gasteiger partial charge in [-0.1, -0.05) is 30.2 Å². The van der Waals surface area contributed by atoms with E-state index < -0.39 is 0 Å². The van der Waals surface area contributed by atoms with E-state index in [0.717, 1.165) is 0 Å². The van der Waals surface area contributed by atoms with Crippen LogP contribution in [0.25, 0.3) is 0 Å². The van der Waals surface area contributed by atoms with Crippen molar-refractivity contribution in [2.75, 3.05) is 0 Å². The van der Waals surface area contributed by atoms with Gasteiger partial charge in [0.15, 0.2) is 0 Å². The van der Waals surface area contributed by atoms with Crippen molar-refractivity contribution in [2.45, 2.75) is 64.7 Å². The van der Waals surface area contributed by atoms with Crippen molar-refractivity contribution < 1.29 is 0 Å². The topological polar surface area (TPSA) is 0 Å². The molecule has 0 unspecified atom stereocenters. The highest BCUT2D eigenvalue weighted by atomic mass is 14.1. The van der Waals surface area contributed by atoms with Gasteiger partial charge in [-0.2, -0.15) is 0 Å². The van der Waals surface area contributed by atoms with E-state index in [1.165, 1.54) is 63.4 Å². The maximum atomic E-state index is 3.91. The van der Waals surface area contributed by atoms with Gasteiger partial charge in [0.2, 0.25) is 0 Å². The molecule has 0 aromatic carbocycles. The van der Waals surface area contributed by atoms with Gasteiger partial charge in [0, 0.05) is 0 Å². The second kappa shape index (κ2) is 6.86. The molecule has 0 N–H and O–H groups in total. The van der Waals surface area contributed by atoms with E-state index in [2.05, 4.69) is 19.6 Å². The molecule has 0 radical (unpaired) electrons. The summed E-state index contributed by atoms with van der Waals surface area (Å²) in [5, 5.41) is 0. The van der Waals surface area contributed by atoms with Gasteiger partial charge in [0.1, 0.15) is 0 Å². The summed E-state index contributed by atoms with van der Waals surface area (Å²) in [6.45, 7) is 6.14. The van der Waals surface area contributed by atoms with Crippen molar-refractivity contribution in [3.05, 3.63) is 23.8 Å². The lowest BCUT2D eigenvalue weighted by Crippen LogP contribution is -1.90. The van der Waals surface area contributed by atoms with E-state index in [-0.39, 0.29) is 0 Å². The SMILES string of the molecule is C=C1CCCCC1.CC1=CCCCC1. The van der Waals surface area contributed by atoms with E-state index in [9.17, 15) is 0 Å². The van der Waals surface area contributed by atoms with Crippen LogP contribution in [0.5, 0.6) is 0 Å². The Morgan fingerprint density at radius 2 is 1.57 bits per heavy atom. The molecule has 0 amide bonds. The lowest BCUT2D eigenvalue weighted by Gasteiger charge is -2.10. The molecule has 80 valence electrons. The Morgan fingerprint density at radius 3 is 1.86 bits per heavy atom. The highest BCUT2D eigenvalue weighted by Crippen LogP contribution is 2.20. The Kier molecular flexibility index (Phi) is 5.66. The van der Waals surface area contributed by atoms with Crippen LogP contribution < -0.4 is 0 Å². The van der Waals surface area contributed by atoms with Crippen LogP contribution >= 0.6 is 0 Å². The number of hydrogen-bond acceptors (Lipinski definition) is 0. The van der Waals surface area contributed by atoms with E-state index >= 15 is 0 Å². The third-order valence-electron chi connectivity index (χ3n) is 3.08. The van der Waals surface area contributed by atoms with Crippen molar-refractivity contribution >= 4 is 0 Å². The fourth-order valence-corrected chi connectivity index (χ4v) is 2.05. The molecule has 0 heteroatoms. The van der Waals surface area contributed by atoms with Crippen molar-refractivity contribution in [3.63, 3.8) is 0 Å². The molecule has 2 aliphatic rings. The Labute approximate surface area is 89.1 Å². The molecule has 0 bridgehead atoms. The van der Waals surface area contributed by atoms with Crippen LogP contribution in [0.1, 0.15) is 64.7 Å². The normalized spacial score (nSPS) is 22.1. The fraction of sp³-hybridized carbons (Fsp3) is 0.714. The highest BCUT2D eigenvalue weighted by molar-refractivity contribution is 5.00. The summed E-state index contributed by atoms with van der Waals surface area (Å²) in [4.78, 5) is 0. The maximum Gasteiger partial charge on any atom is -0.0323 e. The summed E-state index contributed by atoms with van der Waals surface area (Å²) < 4.78 is 0. The van der Waals surface area contributed by atoms with Crippen LogP contribution in [-0.2, 0) is 0 Å². The van der Waals surface area contributed by atoms with Crippen molar-refractivity contribution in [2.24, 2.45) is 0 Å². The van der Waals surface area contributed by atoms with Crippen LogP contribution in [0, 0.1) is 0 Å². The lowest BCUT2D eigenvalue weighted by molar-refractivity contribution is 0.601. The molecule has 0 spiro atoms. The van der Waals surface area contributed by atoms with E-state index in [1.54, 1.807) is 5.57 Å². The van der Waals surface area contributed by atoms with Crippen molar-refractivity contribution in [3.8, 4) is 0 Å². The molecule has 0 atom stereocenters. The van der Waals surface area contributed by atoms with Gasteiger partial charge >= 0.3 is 0 Å². The largest absolute Gasteiger partial charge is 0.0999 e. The Bertz CT molecular complexity index is 190. The summed E-state index contributed by atoms with van der Waals surface area (Å²) in [5.74, 6) is 0. The first kappa shape index (κ1) is 11.6. The van der Waals surface area contributed by atoms with Crippen LogP contribution in [-0.4, -0.2) is 0 Å². The average Bonchev–Trinajstić information content (AvgIpc) is 2.21. The molecule has 2 aliphatic carbocycles. The first-order valence-corrected chi connectivity index (χ1v) is 6.11. The first-order chi connectivity index (χ1) is 6.79.